The molecular weight excluding hydrogens is 330 g/mol. The van der Waals surface area contributed by atoms with E-state index >= 15 is 0 Å². The molecule has 1 saturated heterocycles. The number of nitrogens with one attached hydrogen (secondary N) is 1. The molecule has 2 rings (SSSR count). The molecule has 0 bridgehead atoms. The Kier molecular flexibility index (Phi) is 7.75. The lowest BCUT2D eigenvalue weighted by molar-refractivity contribution is -0.132. The van der Waals surface area contributed by atoms with Gasteiger partial charge in [0.15, 0.2) is 0 Å². The highest BCUT2D eigenvalue weighted by atomic mass is 16.5. The topological polar surface area (TPSA) is 61.9 Å². The number of hydrogen-bond donors (Lipinski definition) is 1. The van der Waals surface area contributed by atoms with Gasteiger partial charge in [0.25, 0.3) is 0 Å². The van der Waals surface area contributed by atoms with Gasteiger partial charge in [0.1, 0.15) is 5.75 Å². The number of anilines is 1. The van der Waals surface area contributed by atoms with Crippen LogP contribution in [0.3, 0.4) is 0 Å². The number of benzene rings is 1. The second kappa shape index (κ2) is 10.0. The molecule has 0 saturated carbocycles. The summed E-state index contributed by atoms with van der Waals surface area (Å²) in [7, 11) is 1.68. The lowest BCUT2D eigenvalue weighted by atomic mass is 10.0. The smallest absolute Gasteiger partial charge is 0.222 e. The highest BCUT2D eigenvalue weighted by Gasteiger charge is 2.24. The summed E-state index contributed by atoms with van der Waals surface area (Å²) in [6, 6.07) is 7.96. The maximum absolute atomic E-state index is 12.5. The molecule has 0 spiro atoms. The third kappa shape index (κ3) is 5.64. The molecule has 0 aliphatic carbocycles. The van der Waals surface area contributed by atoms with Crippen LogP contribution in [0.15, 0.2) is 24.3 Å². The zero-order valence-electron chi connectivity index (χ0n) is 16.2. The van der Waals surface area contributed by atoms with Gasteiger partial charge in [0, 0.05) is 45.6 Å². The summed E-state index contributed by atoms with van der Waals surface area (Å²) in [6.07, 6.45) is 1.76. The van der Waals surface area contributed by atoms with Crippen LogP contribution in [-0.2, 0) is 9.59 Å². The van der Waals surface area contributed by atoms with Crippen LogP contribution in [0.2, 0.25) is 0 Å². The van der Waals surface area contributed by atoms with E-state index in [1.807, 2.05) is 43.0 Å². The molecule has 0 radical (unpaired) electrons. The molecule has 1 fully saturated rings. The number of rotatable bonds is 8. The first-order valence-electron chi connectivity index (χ1n) is 9.47. The minimum atomic E-state index is 0.0353. The molecule has 1 atom stereocenters. The zero-order valence-corrected chi connectivity index (χ0v) is 16.2. The number of ether oxygens (including phenoxy) is 1. The Morgan fingerprint density at radius 2 is 1.85 bits per heavy atom. The van der Waals surface area contributed by atoms with Crippen LogP contribution >= 0.6 is 0 Å². The Morgan fingerprint density at radius 3 is 2.50 bits per heavy atom. The monoisotopic (exact) mass is 361 g/mol. The van der Waals surface area contributed by atoms with Gasteiger partial charge in [-0.15, -0.1) is 0 Å². The van der Waals surface area contributed by atoms with Crippen molar-refractivity contribution in [1.29, 1.82) is 0 Å². The SMILES string of the molecule is CCCNC(=O)C[C@@H](C)CC(=O)N1CCN(c2ccccc2OC)CC1. The van der Waals surface area contributed by atoms with Crippen LogP contribution in [-0.4, -0.2) is 56.5 Å². The first-order valence-corrected chi connectivity index (χ1v) is 9.47. The molecule has 6 heteroatoms. The van der Waals surface area contributed by atoms with E-state index in [9.17, 15) is 9.59 Å². The predicted molar refractivity (Wildman–Crippen MR) is 103 cm³/mol. The number of methoxy groups -OCH3 is 1. The van der Waals surface area contributed by atoms with E-state index in [2.05, 4.69) is 10.2 Å². The average molecular weight is 361 g/mol. The number of hydrogen-bond acceptors (Lipinski definition) is 4. The molecule has 1 aromatic rings. The fraction of sp³-hybridized carbons (Fsp3) is 0.600. The first kappa shape index (κ1) is 20.1. The Balaban J connectivity index is 1.80. The van der Waals surface area contributed by atoms with Crippen LogP contribution < -0.4 is 15.0 Å². The number of carbonyl (C=O) groups excluding carboxylic acids is 2. The molecule has 1 aliphatic heterocycles. The lowest BCUT2D eigenvalue weighted by Crippen LogP contribution is -2.49. The van der Waals surface area contributed by atoms with Gasteiger partial charge in [0.05, 0.1) is 12.8 Å². The second-order valence-corrected chi connectivity index (χ2v) is 6.90. The molecule has 0 unspecified atom stereocenters. The Labute approximate surface area is 156 Å². The third-order valence-corrected chi connectivity index (χ3v) is 4.69. The van der Waals surface area contributed by atoms with E-state index in [0.717, 1.165) is 30.9 Å². The maximum atomic E-state index is 12.5. The van der Waals surface area contributed by atoms with E-state index in [0.29, 0.717) is 32.5 Å². The Morgan fingerprint density at radius 1 is 1.15 bits per heavy atom. The van der Waals surface area contributed by atoms with Crippen LogP contribution in [0.5, 0.6) is 5.75 Å². The van der Waals surface area contributed by atoms with Crippen molar-refractivity contribution in [3.05, 3.63) is 24.3 Å². The summed E-state index contributed by atoms with van der Waals surface area (Å²) in [4.78, 5) is 28.5. The van der Waals surface area contributed by atoms with Gasteiger partial charge >= 0.3 is 0 Å². The highest BCUT2D eigenvalue weighted by Crippen LogP contribution is 2.28. The molecule has 0 aromatic heterocycles. The lowest BCUT2D eigenvalue weighted by Gasteiger charge is -2.37. The van der Waals surface area contributed by atoms with Crippen molar-refractivity contribution in [3.8, 4) is 5.75 Å². The maximum Gasteiger partial charge on any atom is 0.222 e. The Bertz CT molecular complexity index is 598. The molecule has 6 nitrogen and oxygen atoms in total. The quantitative estimate of drug-likeness (QED) is 0.772. The molecule has 2 amide bonds. The van der Waals surface area contributed by atoms with Crippen molar-refractivity contribution >= 4 is 17.5 Å². The van der Waals surface area contributed by atoms with E-state index < -0.39 is 0 Å². The van der Waals surface area contributed by atoms with Gasteiger partial charge in [-0.05, 0) is 24.5 Å². The van der Waals surface area contributed by atoms with Crippen molar-refractivity contribution in [2.24, 2.45) is 5.92 Å². The van der Waals surface area contributed by atoms with Gasteiger partial charge in [-0.25, -0.2) is 0 Å². The molecule has 1 N–H and O–H groups in total. The van der Waals surface area contributed by atoms with Crippen molar-refractivity contribution in [2.45, 2.75) is 33.1 Å². The normalized spacial score (nSPS) is 15.5. The van der Waals surface area contributed by atoms with E-state index in [1.165, 1.54) is 0 Å². The fourth-order valence-corrected chi connectivity index (χ4v) is 3.24. The number of carbonyl (C=O) groups is 2. The second-order valence-electron chi connectivity index (χ2n) is 6.90. The number of amides is 2. The summed E-state index contributed by atoms with van der Waals surface area (Å²) in [5, 5.41) is 2.87. The van der Waals surface area contributed by atoms with Crippen LogP contribution in [0.25, 0.3) is 0 Å². The zero-order chi connectivity index (χ0) is 18.9. The number of para-hydroxylation sites is 2. The van der Waals surface area contributed by atoms with E-state index in [1.54, 1.807) is 7.11 Å². The molecule has 1 aliphatic rings. The van der Waals surface area contributed by atoms with Crippen LogP contribution in [0.4, 0.5) is 5.69 Å². The summed E-state index contributed by atoms with van der Waals surface area (Å²) < 4.78 is 5.43. The van der Waals surface area contributed by atoms with Gasteiger partial charge < -0.3 is 19.9 Å². The van der Waals surface area contributed by atoms with Crippen molar-refractivity contribution in [1.82, 2.24) is 10.2 Å². The fourth-order valence-electron chi connectivity index (χ4n) is 3.24. The van der Waals surface area contributed by atoms with Crippen LogP contribution in [0.1, 0.15) is 33.1 Å². The Hall–Kier alpha value is -2.24. The van der Waals surface area contributed by atoms with E-state index in [4.69, 9.17) is 4.74 Å². The number of nitrogens with zero attached hydrogens (tertiary/aromatic N) is 2. The van der Waals surface area contributed by atoms with Crippen molar-refractivity contribution in [3.63, 3.8) is 0 Å². The van der Waals surface area contributed by atoms with E-state index in [-0.39, 0.29) is 17.7 Å². The predicted octanol–water partition coefficient (Wildman–Crippen LogP) is 2.29. The molecular formula is C20H31N3O3. The number of piperazine rings is 1. The molecule has 144 valence electrons. The molecule has 1 heterocycles. The highest BCUT2D eigenvalue weighted by molar-refractivity contribution is 5.79. The van der Waals surface area contributed by atoms with Crippen molar-refractivity contribution < 1.29 is 14.3 Å². The minimum Gasteiger partial charge on any atom is -0.495 e. The summed E-state index contributed by atoms with van der Waals surface area (Å²) in [5.41, 5.74) is 1.07. The van der Waals surface area contributed by atoms with Gasteiger partial charge in [-0.1, -0.05) is 26.0 Å². The summed E-state index contributed by atoms with van der Waals surface area (Å²) in [5.74, 6) is 1.10. The summed E-state index contributed by atoms with van der Waals surface area (Å²) >= 11 is 0. The van der Waals surface area contributed by atoms with Gasteiger partial charge in [0.2, 0.25) is 11.8 Å². The molecule has 26 heavy (non-hydrogen) atoms. The van der Waals surface area contributed by atoms with Gasteiger partial charge in [-0.3, -0.25) is 9.59 Å². The van der Waals surface area contributed by atoms with Crippen LogP contribution in [0, 0.1) is 5.92 Å². The average Bonchev–Trinajstić information content (AvgIpc) is 2.66. The van der Waals surface area contributed by atoms with Gasteiger partial charge in [-0.2, -0.15) is 0 Å². The largest absolute Gasteiger partial charge is 0.495 e. The summed E-state index contributed by atoms with van der Waals surface area (Å²) in [6.45, 7) is 7.67. The third-order valence-electron chi connectivity index (χ3n) is 4.69. The first-order chi connectivity index (χ1) is 12.5. The molecule has 1 aromatic carbocycles. The van der Waals surface area contributed by atoms with Crippen molar-refractivity contribution in [2.75, 3.05) is 44.7 Å². The standard InChI is InChI=1S/C20H31N3O3/c1-4-9-21-19(24)14-16(2)15-20(25)23-12-10-22(11-13-23)17-7-5-6-8-18(17)26-3/h5-8,16H,4,9-15H2,1-3H3,(H,21,24)/t16-/m1/s1. The minimum absolute atomic E-state index is 0.0353.